The molecule has 0 bridgehead atoms. The average Bonchev–Trinajstić information content (AvgIpc) is 2.46. The summed E-state index contributed by atoms with van der Waals surface area (Å²) < 4.78 is 42.3. The van der Waals surface area contributed by atoms with Crippen LogP contribution in [0.3, 0.4) is 0 Å². The van der Waals surface area contributed by atoms with Crippen molar-refractivity contribution >= 4 is 11.7 Å². The van der Waals surface area contributed by atoms with Crippen molar-refractivity contribution in [1.29, 1.82) is 0 Å². The van der Waals surface area contributed by atoms with Crippen LogP contribution in [0.5, 0.6) is 5.75 Å². The molecule has 0 spiro atoms. The Labute approximate surface area is 128 Å². The van der Waals surface area contributed by atoms with E-state index < -0.39 is 22.6 Å². The molecule has 0 saturated carbocycles. The van der Waals surface area contributed by atoms with E-state index >= 15 is 0 Å². The molecule has 8 heteroatoms. The first-order valence-corrected chi connectivity index (χ1v) is 6.33. The number of benzene rings is 2. The second-order valence-electron chi connectivity index (χ2n) is 4.67. The number of alkyl halides is 3. The highest BCUT2D eigenvalue weighted by molar-refractivity contribution is 5.91. The minimum absolute atomic E-state index is 0.0611. The van der Waals surface area contributed by atoms with Crippen LogP contribution in [0.15, 0.2) is 42.5 Å². The summed E-state index contributed by atoms with van der Waals surface area (Å²) in [5.41, 5.74) is -0.763. The highest BCUT2D eigenvalue weighted by Crippen LogP contribution is 2.29. The van der Waals surface area contributed by atoms with Crippen molar-refractivity contribution in [2.75, 3.05) is 0 Å². The molecule has 120 valence electrons. The van der Waals surface area contributed by atoms with Crippen LogP contribution < -0.4 is 4.74 Å². The third kappa shape index (κ3) is 3.85. The maximum Gasteiger partial charge on any atom is 0.416 e. The van der Waals surface area contributed by atoms with E-state index in [1.54, 1.807) is 0 Å². The van der Waals surface area contributed by atoms with Gasteiger partial charge < -0.3 is 4.74 Å². The van der Waals surface area contributed by atoms with Crippen molar-refractivity contribution in [1.82, 2.24) is 0 Å². The number of halogens is 3. The van der Waals surface area contributed by atoms with Gasteiger partial charge in [0.05, 0.1) is 16.1 Å². The van der Waals surface area contributed by atoms with Crippen LogP contribution in [0, 0.1) is 17.0 Å². The van der Waals surface area contributed by atoms with E-state index in [9.17, 15) is 28.1 Å². The highest BCUT2D eigenvalue weighted by atomic mass is 19.4. The summed E-state index contributed by atoms with van der Waals surface area (Å²) in [5, 5.41) is 10.7. The molecule has 0 aliphatic rings. The summed E-state index contributed by atoms with van der Waals surface area (Å²) in [4.78, 5) is 22.0. The van der Waals surface area contributed by atoms with Gasteiger partial charge in [0.25, 0.3) is 5.69 Å². The number of carbonyl (C=O) groups excluding carboxylic acids is 1. The van der Waals surface area contributed by atoms with Gasteiger partial charge in [-0.3, -0.25) is 10.1 Å². The number of nitro groups is 1. The molecule has 0 amide bonds. The van der Waals surface area contributed by atoms with Crippen LogP contribution in [-0.4, -0.2) is 10.9 Å². The van der Waals surface area contributed by atoms with E-state index in [-0.39, 0.29) is 17.0 Å². The van der Waals surface area contributed by atoms with E-state index in [0.29, 0.717) is 5.56 Å². The van der Waals surface area contributed by atoms with Crippen molar-refractivity contribution in [2.24, 2.45) is 0 Å². The number of esters is 1. The average molecular weight is 325 g/mol. The molecule has 0 saturated heterocycles. The molecule has 0 atom stereocenters. The van der Waals surface area contributed by atoms with Crippen LogP contribution in [0.1, 0.15) is 21.5 Å². The number of hydrogen-bond donors (Lipinski definition) is 0. The molecule has 0 aromatic heterocycles. The van der Waals surface area contributed by atoms with Gasteiger partial charge in [0.15, 0.2) is 0 Å². The largest absolute Gasteiger partial charge is 0.423 e. The molecule has 2 aromatic carbocycles. The van der Waals surface area contributed by atoms with E-state index in [1.807, 2.05) is 0 Å². The molecule has 0 aliphatic carbocycles. The molecule has 0 radical (unpaired) electrons. The summed E-state index contributed by atoms with van der Waals surface area (Å²) in [5.74, 6) is -0.787. The fraction of sp³-hybridized carbons (Fsp3) is 0.133. The fourth-order valence-electron chi connectivity index (χ4n) is 1.86. The first-order valence-electron chi connectivity index (χ1n) is 6.33. The predicted molar refractivity (Wildman–Crippen MR) is 74.2 cm³/mol. The number of ether oxygens (including phenoxy) is 1. The minimum atomic E-state index is -4.49. The zero-order valence-corrected chi connectivity index (χ0v) is 11.8. The van der Waals surface area contributed by atoms with E-state index in [2.05, 4.69) is 0 Å². The lowest BCUT2D eigenvalue weighted by molar-refractivity contribution is -0.385. The van der Waals surface area contributed by atoms with Crippen molar-refractivity contribution in [3.63, 3.8) is 0 Å². The Balaban J connectivity index is 2.16. The van der Waals surface area contributed by atoms with Gasteiger partial charge in [-0.15, -0.1) is 0 Å². The maximum atomic E-state index is 12.4. The van der Waals surface area contributed by atoms with Crippen LogP contribution >= 0.6 is 0 Å². The fourth-order valence-corrected chi connectivity index (χ4v) is 1.86. The Kier molecular flexibility index (Phi) is 4.35. The zero-order valence-electron chi connectivity index (χ0n) is 11.8. The van der Waals surface area contributed by atoms with E-state index in [4.69, 9.17) is 4.74 Å². The number of nitrogens with zero attached hydrogens (tertiary/aromatic N) is 1. The number of aryl methyl sites for hydroxylation is 1. The Morgan fingerprint density at radius 3 is 2.22 bits per heavy atom. The van der Waals surface area contributed by atoms with E-state index in [0.717, 1.165) is 24.3 Å². The molecule has 23 heavy (non-hydrogen) atoms. The minimum Gasteiger partial charge on any atom is -0.423 e. The molecule has 0 N–H and O–H groups in total. The summed E-state index contributed by atoms with van der Waals surface area (Å²) in [6, 6.07) is 7.29. The number of nitro benzene ring substituents is 1. The molecule has 0 heterocycles. The lowest BCUT2D eigenvalue weighted by Crippen LogP contribution is -2.10. The van der Waals surface area contributed by atoms with Crippen molar-refractivity contribution in [3.8, 4) is 5.75 Å². The second-order valence-corrected chi connectivity index (χ2v) is 4.67. The summed E-state index contributed by atoms with van der Waals surface area (Å²) in [6.07, 6.45) is -4.49. The Morgan fingerprint density at radius 2 is 1.74 bits per heavy atom. The normalized spacial score (nSPS) is 11.1. The molecule has 0 fully saturated rings. The van der Waals surface area contributed by atoms with Crippen LogP contribution in [-0.2, 0) is 6.18 Å². The monoisotopic (exact) mass is 325 g/mol. The standard InChI is InChI=1S/C15H10F3NO4/c1-9-8-12(6-7-13(9)19(21)22)23-14(20)10-2-4-11(5-3-10)15(16,17)18/h2-8H,1H3. The summed E-state index contributed by atoms with van der Waals surface area (Å²) >= 11 is 0. The molecule has 2 aromatic rings. The third-order valence-electron chi connectivity index (χ3n) is 3.02. The van der Waals surface area contributed by atoms with Crippen LogP contribution in [0.25, 0.3) is 0 Å². The second kappa shape index (κ2) is 6.07. The Hall–Kier alpha value is -2.90. The van der Waals surface area contributed by atoms with Crippen molar-refractivity contribution in [2.45, 2.75) is 13.1 Å². The van der Waals surface area contributed by atoms with E-state index in [1.165, 1.54) is 25.1 Å². The van der Waals surface area contributed by atoms with Gasteiger partial charge in [-0.1, -0.05) is 0 Å². The predicted octanol–water partition coefficient (Wildman–Crippen LogP) is 4.14. The number of carbonyl (C=O) groups is 1. The first kappa shape index (κ1) is 16.5. The summed E-state index contributed by atoms with van der Waals surface area (Å²) in [6.45, 7) is 1.48. The van der Waals surface area contributed by atoms with Crippen molar-refractivity contribution < 1.29 is 27.6 Å². The molecule has 0 aliphatic heterocycles. The van der Waals surface area contributed by atoms with Gasteiger partial charge >= 0.3 is 12.1 Å². The van der Waals surface area contributed by atoms with Gasteiger partial charge in [-0.05, 0) is 43.3 Å². The number of rotatable bonds is 3. The van der Waals surface area contributed by atoms with Gasteiger partial charge in [0.1, 0.15) is 5.75 Å². The quantitative estimate of drug-likeness (QED) is 0.368. The first-order chi connectivity index (χ1) is 10.7. The molecular formula is C15H10F3NO4. The van der Waals surface area contributed by atoms with Crippen molar-refractivity contribution in [3.05, 3.63) is 69.3 Å². The molecule has 2 rings (SSSR count). The SMILES string of the molecule is Cc1cc(OC(=O)c2ccc(C(F)(F)F)cc2)ccc1[N+](=O)[O-]. The summed E-state index contributed by atoms with van der Waals surface area (Å²) in [7, 11) is 0. The lowest BCUT2D eigenvalue weighted by Gasteiger charge is -2.08. The third-order valence-corrected chi connectivity index (χ3v) is 3.02. The molecule has 0 unspecified atom stereocenters. The van der Waals surface area contributed by atoms with Gasteiger partial charge in [0, 0.05) is 11.6 Å². The van der Waals surface area contributed by atoms with Crippen LogP contribution in [0.2, 0.25) is 0 Å². The van der Waals surface area contributed by atoms with Gasteiger partial charge in [0.2, 0.25) is 0 Å². The molecular weight excluding hydrogens is 315 g/mol. The number of hydrogen-bond acceptors (Lipinski definition) is 4. The van der Waals surface area contributed by atoms with Crippen LogP contribution in [0.4, 0.5) is 18.9 Å². The maximum absolute atomic E-state index is 12.4. The Bertz CT molecular complexity index is 754. The zero-order chi connectivity index (χ0) is 17.2. The highest BCUT2D eigenvalue weighted by Gasteiger charge is 2.30. The van der Waals surface area contributed by atoms with Gasteiger partial charge in [-0.2, -0.15) is 13.2 Å². The smallest absolute Gasteiger partial charge is 0.416 e. The molecule has 5 nitrogen and oxygen atoms in total. The lowest BCUT2D eigenvalue weighted by atomic mass is 10.1. The van der Waals surface area contributed by atoms with Gasteiger partial charge in [-0.25, -0.2) is 4.79 Å². The Morgan fingerprint density at radius 1 is 1.13 bits per heavy atom. The topological polar surface area (TPSA) is 69.4 Å².